The Morgan fingerprint density at radius 3 is 2.59 bits per heavy atom. The third kappa shape index (κ3) is 2.39. The van der Waals surface area contributed by atoms with E-state index in [4.69, 9.17) is 0 Å². The average molecular weight is 369 g/mol. The Labute approximate surface area is 111 Å². The maximum atomic E-state index is 13.7. The van der Waals surface area contributed by atoms with E-state index in [1.165, 1.54) is 0 Å². The topological polar surface area (TPSA) is 68.9 Å². The highest BCUT2D eigenvalue weighted by Gasteiger charge is 2.23. The SMILES string of the molecule is O=[N+]([O-])c1cc(F)cc(-c2nnc(I)s2)c1F. The summed E-state index contributed by atoms with van der Waals surface area (Å²) in [5, 5.41) is 17.9. The summed E-state index contributed by atoms with van der Waals surface area (Å²) < 4.78 is 27.4. The quantitative estimate of drug-likeness (QED) is 0.464. The first-order chi connectivity index (χ1) is 7.99. The summed E-state index contributed by atoms with van der Waals surface area (Å²) in [4.78, 5) is 9.55. The van der Waals surface area contributed by atoms with Crippen molar-refractivity contribution >= 4 is 39.6 Å². The molecule has 17 heavy (non-hydrogen) atoms. The molecule has 1 heterocycles. The molecule has 0 bridgehead atoms. The van der Waals surface area contributed by atoms with Crippen molar-refractivity contribution in [2.75, 3.05) is 0 Å². The minimum atomic E-state index is -1.11. The fraction of sp³-hybridized carbons (Fsp3) is 0. The second-order valence-electron chi connectivity index (χ2n) is 2.90. The van der Waals surface area contributed by atoms with Gasteiger partial charge in [0, 0.05) is 0 Å². The van der Waals surface area contributed by atoms with E-state index in [1.54, 1.807) is 0 Å². The molecule has 0 fully saturated rings. The first kappa shape index (κ1) is 12.2. The zero-order chi connectivity index (χ0) is 12.6. The van der Waals surface area contributed by atoms with E-state index in [1.807, 2.05) is 22.6 Å². The van der Waals surface area contributed by atoms with Crippen LogP contribution in [0.4, 0.5) is 14.5 Å². The Balaban J connectivity index is 2.66. The van der Waals surface area contributed by atoms with Crippen LogP contribution in [-0.2, 0) is 0 Å². The van der Waals surface area contributed by atoms with E-state index in [0.29, 0.717) is 9.08 Å². The smallest absolute Gasteiger partial charge is 0.258 e. The molecule has 0 spiro atoms. The highest BCUT2D eigenvalue weighted by Crippen LogP contribution is 2.32. The van der Waals surface area contributed by atoms with Gasteiger partial charge in [-0.2, -0.15) is 4.39 Å². The van der Waals surface area contributed by atoms with Crippen LogP contribution in [0.15, 0.2) is 12.1 Å². The van der Waals surface area contributed by atoms with Gasteiger partial charge in [-0.25, -0.2) is 4.39 Å². The second kappa shape index (κ2) is 4.56. The van der Waals surface area contributed by atoms with E-state index in [-0.39, 0.29) is 10.6 Å². The first-order valence-electron chi connectivity index (χ1n) is 4.12. The molecule has 2 rings (SSSR count). The van der Waals surface area contributed by atoms with Gasteiger partial charge in [-0.15, -0.1) is 10.2 Å². The molecule has 5 nitrogen and oxygen atoms in total. The second-order valence-corrected chi connectivity index (χ2v) is 5.64. The van der Waals surface area contributed by atoms with Gasteiger partial charge in [0.15, 0.2) is 8.02 Å². The number of rotatable bonds is 2. The van der Waals surface area contributed by atoms with Crippen LogP contribution in [0.25, 0.3) is 10.6 Å². The van der Waals surface area contributed by atoms with E-state index < -0.39 is 22.2 Å². The summed E-state index contributed by atoms with van der Waals surface area (Å²) in [7, 11) is 0. The first-order valence-corrected chi connectivity index (χ1v) is 6.01. The van der Waals surface area contributed by atoms with E-state index in [2.05, 4.69) is 10.2 Å². The zero-order valence-electron chi connectivity index (χ0n) is 7.85. The van der Waals surface area contributed by atoms with Gasteiger partial charge >= 0.3 is 5.69 Å². The fourth-order valence-corrected chi connectivity index (χ4v) is 2.49. The Morgan fingerprint density at radius 1 is 1.35 bits per heavy atom. The van der Waals surface area contributed by atoms with E-state index in [0.717, 1.165) is 17.4 Å². The predicted molar refractivity (Wildman–Crippen MR) is 64.6 cm³/mol. The van der Waals surface area contributed by atoms with Crippen LogP contribution in [0.1, 0.15) is 0 Å². The van der Waals surface area contributed by atoms with Crippen molar-refractivity contribution in [1.29, 1.82) is 0 Å². The van der Waals surface area contributed by atoms with Crippen molar-refractivity contribution in [3.8, 4) is 10.6 Å². The summed E-state index contributed by atoms with van der Waals surface area (Å²) in [6.45, 7) is 0. The van der Waals surface area contributed by atoms with E-state index in [9.17, 15) is 18.9 Å². The molecule has 0 saturated carbocycles. The van der Waals surface area contributed by atoms with Gasteiger partial charge in [-0.05, 0) is 28.7 Å². The lowest BCUT2D eigenvalue weighted by atomic mass is 10.2. The van der Waals surface area contributed by atoms with Gasteiger partial charge in [-0.3, -0.25) is 10.1 Å². The molecule has 0 aliphatic rings. The van der Waals surface area contributed by atoms with Gasteiger partial charge in [0.25, 0.3) is 0 Å². The molecule has 0 radical (unpaired) electrons. The lowest BCUT2D eigenvalue weighted by molar-refractivity contribution is -0.387. The number of nitro groups is 1. The molecule has 0 amide bonds. The highest BCUT2D eigenvalue weighted by atomic mass is 127. The maximum absolute atomic E-state index is 13.7. The van der Waals surface area contributed by atoms with Crippen LogP contribution in [-0.4, -0.2) is 15.1 Å². The molecule has 0 unspecified atom stereocenters. The van der Waals surface area contributed by atoms with Crippen molar-refractivity contribution in [2.24, 2.45) is 0 Å². The molecule has 0 atom stereocenters. The van der Waals surface area contributed by atoms with Crippen LogP contribution in [0.2, 0.25) is 0 Å². The molecular formula is C8H2F2IN3O2S. The lowest BCUT2D eigenvalue weighted by Gasteiger charge is -2.00. The monoisotopic (exact) mass is 369 g/mol. The minimum Gasteiger partial charge on any atom is -0.258 e. The summed E-state index contributed by atoms with van der Waals surface area (Å²) in [5.41, 5.74) is -1.16. The van der Waals surface area contributed by atoms with Gasteiger partial charge in [0.1, 0.15) is 5.82 Å². The minimum absolute atomic E-state index is 0.106. The number of halogens is 3. The van der Waals surface area contributed by atoms with Gasteiger partial charge < -0.3 is 0 Å². The number of nitro benzene ring substituents is 1. The lowest BCUT2D eigenvalue weighted by Crippen LogP contribution is -1.96. The Morgan fingerprint density at radius 2 is 2.06 bits per heavy atom. The van der Waals surface area contributed by atoms with Crippen LogP contribution in [0.5, 0.6) is 0 Å². The summed E-state index contributed by atoms with van der Waals surface area (Å²) in [6.07, 6.45) is 0. The molecule has 1 aromatic heterocycles. The maximum Gasteiger partial charge on any atom is 0.308 e. The Kier molecular flexibility index (Phi) is 3.28. The zero-order valence-corrected chi connectivity index (χ0v) is 10.8. The number of aromatic nitrogens is 2. The van der Waals surface area contributed by atoms with Crippen molar-refractivity contribution in [3.63, 3.8) is 0 Å². The molecule has 88 valence electrons. The van der Waals surface area contributed by atoms with Crippen LogP contribution >= 0.6 is 33.9 Å². The third-order valence-corrected chi connectivity index (χ3v) is 3.47. The van der Waals surface area contributed by atoms with Gasteiger partial charge in [0.05, 0.1) is 16.6 Å². The van der Waals surface area contributed by atoms with Crippen molar-refractivity contribution in [3.05, 3.63) is 36.9 Å². The molecule has 0 saturated heterocycles. The fourth-order valence-electron chi connectivity index (χ4n) is 1.18. The Bertz CT molecular complexity index is 604. The van der Waals surface area contributed by atoms with Gasteiger partial charge in [-0.1, -0.05) is 11.3 Å². The average Bonchev–Trinajstić information content (AvgIpc) is 2.67. The number of hydrogen-bond donors (Lipinski definition) is 0. The van der Waals surface area contributed by atoms with Crippen LogP contribution in [0.3, 0.4) is 0 Å². The van der Waals surface area contributed by atoms with Crippen LogP contribution < -0.4 is 0 Å². The molecule has 2 aromatic rings. The molecule has 0 N–H and O–H groups in total. The number of hydrogen-bond acceptors (Lipinski definition) is 5. The third-order valence-electron chi connectivity index (χ3n) is 1.85. The molecule has 0 aliphatic heterocycles. The number of nitrogens with zero attached hydrogens (tertiary/aromatic N) is 3. The van der Waals surface area contributed by atoms with Crippen molar-refractivity contribution in [2.45, 2.75) is 0 Å². The van der Waals surface area contributed by atoms with Crippen molar-refractivity contribution < 1.29 is 13.7 Å². The van der Waals surface area contributed by atoms with Crippen molar-refractivity contribution in [1.82, 2.24) is 10.2 Å². The van der Waals surface area contributed by atoms with Crippen LogP contribution in [0, 0.1) is 24.8 Å². The normalized spacial score (nSPS) is 10.5. The number of benzene rings is 1. The molecule has 9 heteroatoms. The summed E-state index contributed by atoms with van der Waals surface area (Å²) in [6, 6.07) is 1.39. The standard InChI is InChI=1S/C8H2F2IN3O2S/c9-3-1-4(7-12-13-8(11)17-7)6(10)5(2-3)14(15)16/h1-2H. The molecular weight excluding hydrogens is 367 g/mol. The highest BCUT2D eigenvalue weighted by molar-refractivity contribution is 14.1. The summed E-state index contributed by atoms with van der Waals surface area (Å²) >= 11 is 2.88. The Hall–Kier alpha value is -1.23. The molecule has 0 aliphatic carbocycles. The van der Waals surface area contributed by atoms with E-state index >= 15 is 0 Å². The molecule has 1 aromatic carbocycles. The summed E-state index contributed by atoms with van der Waals surface area (Å²) in [5.74, 6) is -2.00. The van der Waals surface area contributed by atoms with Gasteiger partial charge in [0.2, 0.25) is 5.82 Å². The predicted octanol–water partition coefficient (Wildman–Crippen LogP) is 3.00. The largest absolute Gasteiger partial charge is 0.308 e.